The summed E-state index contributed by atoms with van der Waals surface area (Å²) in [4.78, 5) is 5.34. The highest BCUT2D eigenvalue weighted by atomic mass is 32.1. The van der Waals surface area contributed by atoms with Crippen LogP contribution in [0.1, 0.15) is 36.9 Å². The molecule has 0 fully saturated rings. The molecule has 2 nitrogen and oxygen atoms in total. The summed E-state index contributed by atoms with van der Waals surface area (Å²) >= 11 is 1.92. The average molecular weight is 254 g/mol. The van der Waals surface area contributed by atoms with Crippen molar-refractivity contribution < 1.29 is 0 Å². The highest BCUT2D eigenvalue weighted by Gasteiger charge is 2.12. The lowest BCUT2D eigenvalue weighted by molar-refractivity contribution is 0.222. The Bertz CT molecular complexity index is 320. The largest absolute Gasteiger partial charge is 0.315 e. The van der Waals surface area contributed by atoms with Crippen LogP contribution in [0.4, 0.5) is 0 Å². The lowest BCUT2D eigenvalue weighted by Gasteiger charge is -2.25. The second kappa shape index (κ2) is 7.14. The summed E-state index contributed by atoms with van der Waals surface area (Å²) in [5, 5.41) is 3.20. The minimum atomic E-state index is 0.657. The Hall–Kier alpha value is -0.380. The topological polar surface area (TPSA) is 15.3 Å². The molecular formula is C14H26N2S. The van der Waals surface area contributed by atoms with Crippen molar-refractivity contribution in [1.29, 1.82) is 0 Å². The number of nitrogens with zero attached hydrogens (tertiary/aromatic N) is 1. The fourth-order valence-corrected chi connectivity index (χ4v) is 3.13. The Kier molecular flexibility index (Phi) is 6.17. The predicted molar refractivity (Wildman–Crippen MR) is 77.5 cm³/mol. The van der Waals surface area contributed by atoms with Gasteiger partial charge in [-0.15, -0.1) is 11.3 Å². The molecule has 0 aromatic carbocycles. The maximum absolute atomic E-state index is 3.20. The molecular weight excluding hydrogens is 228 g/mol. The molecule has 0 amide bonds. The molecule has 1 unspecified atom stereocenters. The van der Waals surface area contributed by atoms with E-state index in [-0.39, 0.29) is 0 Å². The van der Waals surface area contributed by atoms with Crippen LogP contribution in [0.15, 0.2) is 12.1 Å². The van der Waals surface area contributed by atoms with Gasteiger partial charge in [-0.1, -0.05) is 13.8 Å². The first-order valence-corrected chi connectivity index (χ1v) is 7.27. The number of hydrogen-bond donors (Lipinski definition) is 1. The molecule has 3 heteroatoms. The molecule has 0 aliphatic carbocycles. The highest BCUT2D eigenvalue weighted by molar-refractivity contribution is 7.11. The van der Waals surface area contributed by atoms with Crippen LogP contribution in [0, 0.1) is 5.92 Å². The van der Waals surface area contributed by atoms with Gasteiger partial charge in [0.15, 0.2) is 0 Å². The van der Waals surface area contributed by atoms with E-state index < -0.39 is 0 Å². The molecule has 0 saturated carbocycles. The molecule has 17 heavy (non-hydrogen) atoms. The zero-order chi connectivity index (χ0) is 12.8. The van der Waals surface area contributed by atoms with Crippen molar-refractivity contribution in [2.45, 2.75) is 46.3 Å². The van der Waals surface area contributed by atoms with Crippen LogP contribution in [-0.2, 0) is 13.1 Å². The molecule has 1 heterocycles. The van der Waals surface area contributed by atoms with E-state index in [0.717, 1.165) is 19.0 Å². The summed E-state index contributed by atoms with van der Waals surface area (Å²) in [5.74, 6) is 0.774. The zero-order valence-corrected chi connectivity index (χ0v) is 12.6. The molecule has 98 valence electrons. The zero-order valence-electron chi connectivity index (χ0n) is 11.8. The Labute approximate surface area is 110 Å². The van der Waals surface area contributed by atoms with Crippen LogP contribution in [0.3, 0.4) is 0 Å². The van der Waals surface area contributed by atoms with Crippen LogP contribution in [-0.4, -0.2) is 25.0 Å². The lowest BCUT2D eigenvalue weighted by Crippen LogP contribution is -2.29. The van der Waals surface area contributed by atoms with Gasteiger partial charge in [-0.05, 0) is 45.5 Å². The third kappa shape index (κ3) is 5.19. The summed E-state index contributed by atoms with van der Waals surface area (Å²) < 4.78 is 0. The second-order valence-electron chi connectivity index (χ2n) is 5.29. The monoisotopic (exact) mass is 254 g/mol. The third-order valence-corrected chi connectivity index (χ3v) is 4.11. The summed E-state index contributed by atoms with van der Waals surface area (Å²) in [6.45, 7) is 8.96. The van der Waals surface area contributed by atoms with Gasteiger partial charge < -0.3 is 5.32 Å². The van der Waals surface area contributed by atoms with Crippen molar-refractivity contribution in [1.82, 2.24) is 10.2 Å². The van der Waals surface area contributed by atoms with Gasteiger partial charge in [0.1, 0.15) is 0 Å². The molecule has 0 spiro atoms. The van der Waals surface area contributed by atoms with E-state index >= 15 is 0 Å². The van der Waals surface area contributed by atoms with Gasteiger partial charge in [0.2, 0.25) is 0 Å². The van der Waals surface area contributed by atoms with Gasteiger partial charge in [-0.2, -0.15) is 0 Å². The van der Waals surface area contributed by atoms with E-state index in [9.17, 15) is 0 Å². The van der Waals surface area contributed by atoms with E-state index in [1.165, 1.54) is 16.2 Å². The Morgan fingerprint density at radius 2 is 1.88 bits per heavy atom. The first-order chi connectivity index (χ1) is 8.02. The molecule has 1 atom stereocenters. The van der Waals surface area contributed by atoms with E-state index in [0.29, 0.717) is 6.04 Å². The fraction of sp³-hybridized carbons (Fsp3) is 0.714. The molecule has 1 N–H and O–H groups in total. The predicted octanol–water partition coefficient (Wildman–Crippen LogP) is 3.33. The van der Waals surface area contributed by atoms with Gasteiger partial charge in [-0.25, -0.2) is 0 Å². The molecule has 1 aromatic heterocycles. The van der Waals surface area contributed by atoms with E-state index in [2.05, 4.69) is 50.2 Å². The molecule has 0 aliphatic heterocycles. The van der Waals surface area contributed by atoms with Gasteiger partial charge in [0, 0.05) is 28.9 Å². The number of hydrogen-bond acceptors (Lipinski definition) is 3. The van der Waals surface area contributed by atoms with E-state index in [1.54, 1.807) is 0 Å². The maximum atomic E-state index is 3.20. The Balaban J connectivity index is 2.46. The molecule has 0 bridgehead atoms. The molecule has 0 radical (unpaired) electrons. The minimum Gasteiger partial charge on any atom is -0.315 e. The van der Waals surface area contributed by atoms with Crippen molar-refractivity contribution in [2.75, 3.05) is 14.1 Å². The van der Waals surface area contributed by atoms with Crippen molar-refractivity contribution in [3.63, 3.8) is 0 Å². The van der Waals surface area contributed by atoms with Crippen molar-refractivity contribution in [3.05, 3.63) is 21.9 Å². The quantitative estimate of drug-likeness (QED) is 0.803. The van der Waals surface area contributed by atoms with Gasteiger partial charge in [-0.3, -0.25) is 4.90 Å². The van der Waals surface area contributed by atoms with Gasteiger partial charge >= 0.3 is 0 Å². The van der Waals surface area contributed by atoms with Crippen molar-refractivity contribution in [2.24, 2.45) is 5.92 Å². The van der Waals surface area contributed by atoms with Crippen LogP contribution >= 0.6 is 11.3 Å². The third-order valence-electron chi connectivity index (χ3n) is 3.04. The van der Waals surface area contributed by atoms with Crippen molar-refractivity contribution >= 4 is 11.3 Å². The molecule has 0 aliphatic rings. The smallest absolute Gasteiger partial charge is 0.0327 e. The summed E-state index contributed by atoms with van der Waals surface area (Å²) in [6.07, 6.45) is 1.27. The fourth-order valence-electron chi connectivity index (χ4n) is 2.04. The first-order valence-electron chi connectivity index (χ1n) is 6.45. The summed E-state index contributed by atoms with van der Waals surface area (Å²) in [5.41, 5.74) is 0. The van der Waals surface area contributed by atoms with Gasteiger partial charge in [0.05, 0.1) is 0 Å². The summed E-state index contributed by atoms with van der Waals surface area (Å²) in [6, 6.07) is 5.15. The molecule has 1 rings (SSSR count). The van der Waals surface area contributed by atoms with Crippen LogP contribution in [0.25, 0.3) is 0 Å². The van der Waals surface area contributed by atoms with Crippen LogP contribution in [0.2, 0.25) is 0 Å². The van der Waals surface area contributed by atoms with Gasteiger partial charge in [0.25, 0.3) is 0 Å². The Morgan fingerprint density at radius 1 is 1.24 bits per heavy atom. The number of rotatable bonds is 7. The van der Waals surface area contributed by atoms with Crippen LogP contribution in [0.5, 0.6) is 0 Å². The number of nitrogens with one attached hydrogen (secondary N) is 1. The normalized spacial score (nSPS) is 13.6. The first kappa shape index (κ1) is 14.7. The second-order valence-corrected chi connectivity index (χ2v) is 6.54. The lowest BCUT2D eigenvalue weighted by atomic mass is 10.0. The number of thiophene rings is 1. The highest BCUT2D eigenvalue weighted by Crippen LogP contribution is 2.20. The summed E-state index contributed by atoms with van der Waals surface area (Å²) in [7, 11) is 4.22. The van der Waals surface area contributed by atoms with E-state index in [1.807, 2.05) is 18.4 Å². The maximum Gasteiger partial charge on any atom is 0.0327 e. The average Bonchev–Trinajstić information content (AvgIpc) is 2.65. The minimum absolute atomic E-state index is 0.657. The molecule has 1 aromatic rings. The van der Waals surface area contributed by atoms with E-state index in [4.69, 9.17) is 0 Å². The van der Waals surface area contributed by atoms with Crippen molar-refractivity contribution in [3.8, 4) is 0 Å². The molecule has 0 saturated heterocycles. The standard InChI is InChI=1S/C14H26N2S/c1-11(2)8-12(3)16(5)10-14-7-6-13(17-14)9-15-4/h6-7,11-12,15H,8-10H2,1-5H3. The Morgan fingerprint density at radius 3 is 2.47 bits per heavy atom. The van der Waals surface area contributed by atoms with Crippen LogP contribution < -0.4 is 5.32 Å². The SMILES string of the molecule is CNCc1ccc(CN(C)C(C)CC(C)C)s1.